The molecule has 4 heteroatoms. The van der Waals surface area contributed by atoms with Crippen LogP contribution in [0.25, 0.3) is 0 Å². The van der Waals surface area contributed by atoms with Gasteiger partial charge in [0.2, 0.25) is 0 Å². The fraction of sp³-hybridized carbons (Fsp3) is 1.00. The summed E-state index contributed by atoms with van der Waals surface area (Å²) in [6.07, 6.45) is 2.24. The first-order valence-electron chi connectivity index (χ1n) is 6.74. The third kappa shape index (κ3) is 10.7. The van der Waals surface area contributed by atoms with Gasteiger partial charge in [-0.25, -0.2) is 0 Å². The van der Waals surface area contributed by atoms with Crippen molar-refractivity contribution in [2.45, 2.75) is 45.8 Å². The maximum absolute atomic E-state index is 9.01. The Kier molecular flexibility index (Phi) is 10.9. The van der Waals surface area contributed by atoms with E-state index < -0.39 is 0 Å². The molecule has 104 valence electrons. The van der Waals surface area contributed by atoms with Crippen LogP contribution >= 0.6 is 0 Å². The van der Waals surface area contributed by atoms with Crippen LogP contribution in [0, 0.1) is 0 Å². The molecule has 0 saturated carbocycles. The average Bonchev–Trinajstić information content (AvgIpc) is 2.25. The van der Waals surface area contributed by atoms with Crippen molar-refractivity contribution in [3.05, 3.63) is 0 Å². The Morgan fingerprint density at radius 2 is 2.06 bits per heavy atom. The van der Waals surface area contributed by atoms with E-state index in [4.69, 9.17) is 9.84 Å². The highest BCUT2D eigenvalue weighted by Gasteiger charge is 2.10. The number of hydrogen-bond acceptors (Lipinski definition) is 4. The van der Waals surface area contributed by atoms with Crippen LogP contribution in [0.1, 0.15) is 33.6 Å². The third-order valence-corrected chi connectivity index (χ3v) is 2.62. The predicted molar refractivity (Wildman–Crippen MR) is 72.4 cm³/mol. The Labute approximate surface area is 106 Å². The molecule has 0 amide bonds. The summed E-state index contributed by atoms with van der Waals surface area (Å²) in [4.78, 5) is 2.26. The van der Waals surface area contributed by atoms with E-state index in [0.29, 0.717) is 12.1 Å². The smallest absolute Gasteiger partial charge is 0.0596 e. The number of rotatable bonds is 11. The lowest BCUT2D eigenvalue weighted by Gasteiger charge is -2.24. The normalized spacial score (nSPS) is 13.6. The van der Waals surface area contributed by atoms with Crippen molar-refractivity contribution in [3.63, 3.8) is 0 Å². The van der Waals surface area contributed by atoms with E-state index in [1.807, 2.05) is 0 Å². The van der Waals surface area contributed by atoms with Crippen LogP contribution in [0.5, 0.6) is 0 Å². The molecule has 0 saturated heterocycles. The van der Waals surface area contributed by atoms with Crippen LogP contribution in [0.4, 0.5) is 0 Å². The first-order valence-corrected chi connectivity index (χ1v) is 6.74. The Hall–Kier alpha value is -0.160. The van der Waals surface area contributed by atoms with E-state index >= 15 is 0 Å². The summed E-state index contributed by atoms with van der Waals surface area (Å²) in [5.74, 6) is 0. The van der Waals surface area contributed by atoms with Crippen LogP contribution < -0.4 is 5.32 Å². The highest BCUT2D eigenvalue weighted by molar-refractivity contribution is 4.70. The number of aliphatic hydroxyl groups excluding tert-OH is 1. The first kappa shape index (κ1) is 16.8. The second-order valence-electron chi connectivity index (χ2n) is 4.85. The van der Waals surface area contributed by atoms with Gasteiger partial charge in [0, 0.05) is 25.7 Å². The average molecular weight is 246 g/mol. The van der Waals surface area contributed by atoms with E-state index in [0.717, 1.165) is 39.1 Å². The Morgan fingerprint density at radius 3 is 2.59 bits per heavy atom. The quantitative estimate of drug-likeness (QED) is 0.573. The van der Waals surface area contributed by atoms with Crippen molar-refractivity contribution >= 4 is 0 Å². The molecule has 2 N–H and O–H groups in total. The molecule has 0 aliphatic heterocycles. The summed E-state index contributed by atoms with van der Waals surface area (Å²) in [5, 5.41) is 12.5. The first-order chi connectivity index (χ1) is 8.10. The number of likely N-dealkylation sites (N-methyl/N-ethyl adjacent to an activating group) is 1. The molecular formula is C13H30N2O2. The minimum Gasteiger partial charge on any atom is -0.396 e. The van der Waals surface area contributed by atoms with E-state index in [-0.39, 0.29) is 6.61 Å². The Balaban J connectivity index is 3.73. The molecule has 0 spiro atoms. The molecule has 0 fully saturated rings. The lowest BCUT2D eigenvalue weighted by Crippen LogP contribution is -2.41. The van der Waals surface area contributed by atoms with Crippen molar-refractivity contribution in [2.75, 3.05) is 39.9 Å². The van der Waals surface area contributed by atoms with Gasteiger partial charge in [-0.1, -0.05) is 6.92 Å². The van der Waals surface area contributed by atoms with Crippen LogP contribution in [-0.2, 0) is 4.74 Å². The van der Waals surface area contributed by atoms with Gasteiger partial charge in [0.15, 0.2) is 0 Å². The molecule has 0 aromatic carbocycles. The minimum atomic E-state index is 0.248. The van der Waals surface area contributed by atoms with Crippen LogP contribution in [0.15, 0.2) is 0 Å². The van der Waals surface area contributed by atoms with E-state index in [1.54, 1.807) is 0 Å². The predicted octanol–water partition coefficient (Wildman–Crippen LogP) is 1.09. The number of nitrogens with one attached hydrogen (secondary N) is 1. The lowest BCUT2D eigenvalue weighted by atomic mass is 10.2. The summed E-state index contributed by atoms with van der Waals surface area (Å²) in [6, 6.07) is 0.379. The SMILES string of the molecule is CCCNC(CCO)CN(C)CCOC(C)C. The van der Waals surface area contributed by atoms with Gasteiger partial charge in [-0.2, -0.15) is 0 Å². The monoisotopic (exact) mass is 246 g/mol. The maximum atomic E-state index is 9.01. The van der Waals surface area contributed by atoms with E-state index in [2.05, 4.69) is 38.0 Å². The number of ether oxygens (including phenoxy) is 1. The molecule has 0 heterocycles. The molecule has 0 aliphatic rings. The second kappa shape index (κ2) is 11.0. The number of nitrogens with zero attached hydrogens (tertiary/aromatic N) is 1. The molecule has 0 radical (unpaired) electrons. The Morgan fingerprint density at radius 1 is 1.35 bits per heavy atom. The van der Waals surface area contributed by atoms with Crippen molar-refractivity contribution < 1.29 is 9.84 Å². The van der Waals surface area contributed by atoms with Crippen LogP contribution in [-0.4, -0.2) is 62.0 Å². The molecule has 0 bridgehead atoms. The fourth-order valence-corrected chi connectivity index (χ4v) is 1.67. The Bertz CT molecular complexity index is 165. The summed E-state index contributed by atoms with van der Waals surface area (Å²) in [6.45, 7) is 10.2. The molecule has 0 rings (SSSR count). The van der Waals surface area contributed by atoms with Gasteiger partial charge in [-0.05, 0) is 40.3 Å². The molecule has 0 aliphatic carbocycles. The maximum Gasteiger partial charge on any atom is 0.0596 e. The molecular weight excluding hydrogens is 216 g/mol. The van der Waals surface area contributed by atoms with Crippen molar-refractivity contribution in [1.82, 2.24) is 10.2 Å². The molecule has 0 aromatic heterocycles. The van der Waals surface area contributed by atoms with Gasteiger partial charge >= 0.3 is 0 Å². The van der Waals surface area contributed by atoms with Crippen LogP contribution in [0.2, 0.25) is 0 Å². The van der Waals surface area contributed by atoms with Gasteiger partial charge in [0.05, 0.1) is 12.7 Å². The molecule has 17 heavy (non-hydrogen) atoms. The third-order valence-electron chi connectivity index (χ3n) is 2.62. The minimum absolute atomic E-state index is 0.248. The van der Waals surface area contributed by atoms with Crippen molar-refractivity contribution in [1.29, 1.82) is 0 Å². The summed E-state index contributed by atoms with van der Waals surface area (Å²) >= 11 is 0. The highest BCUT2D eigenvalue weighted by atomic mass is 16.5. The fourth-order valence-electron chi connectivity index (χ4n) is 1.67. The number of aliphatic hydroxyl groups is 1. The standard InChI is InChI=1S/C13H30N2O2/c1-5-7-14-13(6-9-16)11-15(4)8-10-17-12(2)3/h12-14,16H,5-11H2,1-4H3. The molecule has 4 nitrogen and oxygen atoms in total. The summed E-state index contributed by atoms with van der Waals surface area (Å²) < 4.78 is 5.52. The van der Waals surface area contributed by atoms with E-state index in [9.17, 15) is 0 Å². The molecule has 1 unspecified atom stereocenters. The second-order valence-corrected chi connectivity index (χ2v) is 4.85. The van der Waals surface area contributed by atoms with Gasteiger partial charge in [0.1, 0.15) is 0 Å². The van der Waals surface area contributed by atoms with Crippen molar-refractivity contribution in [3.8, 4) is 0 Å². The summed E-state index contributed by atoms with van der Waals surface area (Å²) in [5.41, 5.74) is 0. The lowest BCUT2D eigenvalue weighted by molar-refractivity contribution is 0.0617. The molecule has 0 aromatic rings. The zero-order valence-electron chi connectivity index (χ0n) is 11.9. The van der Waals surface area contributed by atoms with E-state index in [1.165, 1.54) is 0 Å². The largest absolute Gasteiger partial charge is 0.396 e. The molecule has 1 atom stereocenters. The highest BCUT2D eigenvalue weighted by Crippen LogP contribution is 1.96. The van der Waals surface area contributed by atoms with Gasteiger partial charge < -0.3 is 20.1 Å². The number of hydrogen-bond donors (Lipinski definition) is 2. The van der Waals surface area contributed by atoms with Gasteiger partial charge in [-0.15, -0.1) is 0 Å². The summed E-state index contributed by atoms with van der Waals surface area (Å²) in [7, 11) is 2.10. The van der Waals surface area contributed by atoms with Gasteiger partial charge in [0.25, 0.3) is 0 Å². The zero-order valence-corrected chi connectivity index (χ0v) is 11.9. The van der Waals surface area contributed by atoms with Crippen molar-refractivity contribution in [2.24, 2.45) is 0 Å². The van der Waals surface area contributed by atoms with Crippen LogP contribution in [0.3, 0.4) is 0 Å². The van der Waals surface area contributed by atoms with Gasteiger partial charge in [-0.3, -0.25) is 0 Å². The zero-order chi connectivity index (χ0) is 13.1. The topological polar surface area (TPSA) is 44.7 Å².